The number of halogens is 3. The Morgan fingerprint density at radius 3 is 1.66 bits per heavy atom. The summed E-state index contributed by atoms with van der Waals surface area (Å²) in [5.41, 5.74) is 0. The number of unbranched alkanes of at least 4 members (excludes halogenated alkanes) is 2. The Bertz CT molecular complexity index is 928. The monoisotopic (exact) mass is 584 g/mol. The average Bonchev–Trinajstić information content (AvgIpc) is 2.98. The van der Waals surface area contributed by atoms with Crippen molar-refractivity contribution in [1.82, 2.24) is 0 Å². The molecule has 0 spiro atoms. The van der Waals surface area contributed by atoms with Gasteiger partial charge in [0, 0.05) is 6.07 Å². The molecule has 2 atom stereocenters. The highest BCUT2D eigenvalue weighted by molar-refractivity contribution is 5.75. The van der Waals surface area contributed by atoms with E-state index in [2.05, 4.69) is 0 Å². The first kappa shape index (κ1) is 33.1. The zero-order valence-electron chi connectivity index (χ0n) is 24.6. The van der Waals surface area contributed by atoms with Gasteiger partial charge in [0.05, 0.1) is 13.2 Å². The molecule has 2 aliphatic carbocycles. The molecule has 232 valence electrons. The number of carbonyl (C=O) groups excluding carboxylic acids is 2. The molecule has 2 saturated carbocycles. The van der Waals surface area contributed by atoms with Crippen LogP contribution in [0.4, 0.5) is 13.2 Å². The number of ether oxygens (including phenoxy) is 4. The number of rotatable bonds is 16. The highest BCUT2D eigenvalue weighted by Gasteiger charge is 2.29. The predicted octanol–water partition coefficient (Wildman–Crippen LogP) is 7.84. The van der Waals surface area contributed by atoms with Crippen molar-refractivity contribution in [1.29, 1.82) is 0 Å². The SMILES string of the molecule is CCCC[C@H](F)C(=O)OC1CCC(COc2ccc(OCC3CCC(OC(=O)[C@@H](F)CCCC)CC3)c(F)c2)CC1. The van der Waals surface area contributed by atoms with Gasteiger partial charge < -0.3 is 18.9 Å². The summed E-state index contributed by atoms with van der Waals surface area (Å²) in [6.45, 7) is 4.69. The fourth-order valence-electron chi connectivity index (χ4n) is 5.42. The van der Waals surface area contributed by atoms with Gasteiger partial charge in [-0.2, -0.15) is 0 Å². The molecule has 0 heterocycles. The molecule has 2 fully saturated rings. The van der Waals surface area contributed by atoms with Crippen molar-refractivity contribution >= 4 is 11.9 Å². The summed E-state index contributed by atoms with van der Waals surface area (Å²) in [6.07, 6.45) is 5.54. The van der Waals surface area contributed by atoms with Crippen LogP contribution in [-0.2, 0) is 19.1 Å². The van der Waals surface area contributed by atoms with E-state index in [1.165, 1.54) is 6.07 Å². The maximum Gasteiger partial charge on any atom is 0.340 e. The van der Waals surface area contributed by atoms with Crippen LogP contribution in [0.5, 0.6) is 11.5 Å². The lowest BCUT2D eigenvalue weighted by Gasteiger charge is -2.29. The molecule has 0 aromatic heterocycles. The van der Waals surface area contributed by atoms with E-state index >= 15 is 0 Å². The molecular formula is C32H47F3O6. The van der Waals surface area contributed by atoms with Gasteiger partial charge in [-0.15, -0.1) is 0 Å². The van der Waals surface area contributed by atoms with Crippen LogP contribution in [0.25, 0.3) is 0 Å². The zero-order valence-corrected chi connectivity index (χ0v) is 24.6. The summed E-state index contributed by atoms with van der Waals surface area (Å²) in [5, 5.41) is 0. The number of benzene rings is 1. The number of esters is 2. The van der Waals surface area contributed by atoms with Crippen molar-refractivity contribution < 1.29 is 41.7 Å². The van der Waals surface area contributed by atoms with Crippen LogP contribution in [0.15, 0.2) is 18.2 Å². The molecule has 0 amide bonds. The van der Waals surface area contributed by atoms with Crippen LogP contribution in [-0.4, -0.2) is 49.7 Å². The molecule has 1 aromatic carbocycles. The van der Waals surface area contributed by atoms with E-state index in [4.69, 9.17) is 18.9 Å². The average molecular weight is 585 g/mol. The van der Waals surface area contributed by atoms with E-state index in [9.17, 15) is 22.8 Å². The normalized spacial score (nSPS) is 24.2. The molecule has 0 unspecified atom stereocenters. The number of hydrogen-bond acceptors (Lipinski definition) is 6. The smallest absolute Gasteiger partial charge is 0.340 e. The number of carbonyl (C=O) groups is 2. The van der Waals surface area contributed by atoms with Gasteiger partial charge in [-0.25, -0.2) is 22.8 Å². The molecule has 9 heteroatoms. The van der Waals surface area contributed by atoms with Crippen LogP contribution in [0, 0.1) is 17.7 Å². The van der Waals surface area contributed by atoms with E-state index < -0.39 is 30.1 Å². The molecular weight excluding hydrogens is 537 g/mol. The Morgan fingerprint density at radius 1 is 0.756 bits per heavy atom. The van der Waals surface area contributed by atoms with Gasteiger partial charge in [0.25, 0.3) is 0 Å². The first-order valence-corrected chi connectivity index (χ1v) is 15.5. The number of hydrogen-bond donors (Lipinski definition) is 0. The van der Waals surface area contributed by atoms with Crippen LogP contribution < -0.4 is 9.47 Å². The predicted molar refractivity (Wildman–Crippen MR) is 150 cm³/mol. The highest BCUT2D eigenvalue weighted by Crippen LogP contribution is 2.31. The van der Waals surface area contributed by atoms with Crippen LogP contribution >= 0.6 is 0 Å². The molecule has 0 saturated heterocycles. The lowest BCUT2D eigenvalue weighted by atomic mass is 9.88. The minimum absolute atomic E-state index is 0.162. The van der Waals surface area contributed by atoms with Gasteiger partial charge >= 0.3 is 11.9 Å². The maximum atomic E-state index is 14.7. The minimum Gasteiger partial charge on any atom is -0.493 e. The summed E-state index contributed by atoms with van der Waals surface area (Å²) >= 11 is 0. The largest absolute Gasteiger partial charge is 0.493 e. The Balaban J connectivity index is 1.31. The summed E-state index contributed by atoms with van der Waals surface area (Å²) < 4.78 is 64.7. The quantitative estimate of drug-likeness (QED) is 0.184. The van der Waals surface area contributed by atoms with Crippen molar-refractivity contribution in [3.63, 3.8) is 0 Å². The van der Waals surface area contributed by atoms with E-state index in [0.717, 1.165) is 38.5 Å². The van der Waals surface area contributed by atoms with Crippen LogP contribution in [0.3, 0.4) is 0 Å². The summed E-state index contributed by atoms with van der Waals surface area (Å²) in [7, 11) is 0. The van der Waals surface area contributed by atoms with Crippen molar-refractivity contribution in [3.05, 3.63) is 24.0 Å². The van der Waals surface area contributed by atoms with Gasteiger partial charge in [-0.05, 0) is 88.2 Å². The van der Waals surface area contributed by atoms with Gasteiger partial charge in [-0.1, -0.05) is 39.5 Å². The van der Waals surface area contributed by atoms with E-state index in [1.807, 2.05) is 13.8 Å². The van der Waals surface area contributed by atoms with Crippen molar-refractivity contribution in [2.45, 2.75) is 128 Å². The van der Waals surface area contributed by atoms with Crippen molar-refractivity contribution in [2.24, 2.45) is 11.8 Å². The number of alkyl halides is 2. The lowest BCUT2D eigenvalue weighted by molar-refractivity contribution is -0.158. The molecule has 2 aliphatic rings. The topological polar surface area (TPSA) is 71.1 Å². The second-order valence-corrected chi connectivity index (χ2v) is 11.6. The molecule has 6 nitrogen and oxygen atoms in total. The third kappa shape index (κ3) is 11.4. The standard InChI is InChI=1S/C32H47F3O6/c1-3-5-7-27(33)31(36)40-24-13-9-22(10-14-24)20-38-26-17-18-30(29(35)19-26)39-21-23-11-15-25(16-12-23)41-32(37)28(34)8-6-4-2/h17-19,22-25,27-28H,3-16,20-21H2,1-2H3/t22?,23?,24?,25?,27-,28-/m0/s1. The van der Waals surface area contributed by atoms with E-state index in [1.54, 1.807) is 12.1 Å². The molecule has 0 bridgehead atoms. The third-order valence-corrected chi connectivity index (χ3v) is 8.15. The lowest BCUT2D eigenvalue weighted by Crippen LogP contribution is -2.30. The van der Waals surface area contributed by atoms with Gasteiger partial charge in [0.15, 0.2) is 23.9 Å². The molecule has 41 heavy (non-hydrogen) atoms. The van der Waals surface area contributed by atoms with E-state index in [0.29, 0.717) is 57.5 Å². The second-order valence-electron chi connectivity index (χ2n) is 11.6. The molecule has 1 aromatic rings. The van der Waals surface area contributed by atoms with E-state index in [-0.39, 0.29) is 42.6 Å². The third-order valence-electron chi connectivity index (χ3n) is 8.15. The summed E-state index contributed by atoms with van der Waals surface area (Å²) in [6, 6.07) is 4.58. The Kier molecular flexibility index (Phi) is 14.1. The minimum atomic E-state index is -1.55. The fraction of sp³-hybridized carbons (Fsp3) is 0.750. The first-order chi connectivity index (χ1) is 19.8. The highest BCUT2D eigenvalue weighted by atomic mass is 19.1. The van der Waals surface area contributed by atoms with Gasteiger partial charge in [0.2, 0.25) is 0 Å². The van der Waals surface area contributed by atoms with Gasteiger partial charge in [-0.3, -0.25) is 0 Å². The summed E-state index contributed by atoms with van der Waals surface area (Å²) in [5.74, 6) is -0.953. The molecule has 3 rings (SSSR count). The molecule has 0 aliphatic heterocycles. The van der Waals surface area contributed by atoms with Crippen LogP contribution in [0.2, 0.25) is 0 Å². The Morgan fingerprint density at radius 2 is 1.22 bits per heavy atom. The Hall–Kier alpha value is -2.45. The fourth-order valence-corrected chi connectivity index (χ4v) is 5.42. The summed E-state index contributed by atoms with van der Waals surface area (Å²) in [4.78, 5) is 23.8. The first-order valence-electron chi connectivity index (χ1n) is 15.5. The molecule has 0 radical (unpaired) electrons. The maximum absolute atomic E-state index is 14.7. The molecule has 0 N–H and O–H groups in total. The van der Waals surface area contributed by atoms with Crippen molar-refractivity contribution in [2.75, 3.05) is 13.2 Å². The second kappa shape index (κ2) is 17.5. The Labute approximate surface area is 242 Å². The zero-order chi connectivity index (χ0) is 29.6. The van der Waals surface area contributed by atoms with Crippen LogP contribution in [0.1, 0.15) is 104 Å². The van der Waals surface area contributed by atoms with Crippen molar-refractivity contribution in [3.8, 4) is 11.5 Å². The van der Waals surface area contributed by atoms with Gasteiger partial charge in [0.1, 0.15) is 18.0 Å².